The topological polar surface area (TPSA) is 84.5 Å². The molecular weight excluding hydrogens is 376 g/mol. The van der Waals surface area contributed by atoms with Crippen molar-refractivity contribution in [1.29, 1.82) is 0 Å². The van der Waals surface area contributed by atoms with E-state index in [4.69, 9.17) is 16.3 Å². The molecule has 0 bridgehead atoms. The van der Waals surface area contributed by atoms with Crippen molar-refractivity contribution >= 4 is 40.8 Å². The number of carbonyl (C=O) groups is 3. The lowest BCUT2D eigenvalue weighted by atomic mass is 10.2. The van der Waals surface area contributed by atoms with Crippen molar-refractivity contribution in [3.63, 3.8) is 0 Å². The van der Waals surface area contributed by atoms with Crippen LogP contribution in [0.25, 0.3) is 10.4 Å². The predicted octanol–water partition coefficient (Wildman–Crippen LogP) is 3.85. The third-order valence-corrected chi connectivity index (χ3v) is 4.61. The number of halogens is 1. The minimum absolute atomic E-state index is 0.113. The number of hydrogen-bond acceptors (Lipinski definition) is 5. The average molecular weight is 395 g/mol. The molecule has 1 atom stereocenters. The van der Waals surface area contributed by atoms with Crippen LogP contribution in [0.15, 0.2) is 36.4 Å². The molecule has 0 aliphatic heterocycles. The van der Waals surface area contributed by atoms with E-state index in [1.54, 1.807) is 38.1 Å². The van der Waals surface area contributed by atoms with Gasteiger partial charge >= 0.3 is 12.0 Å². The Labute approximate surface area is 160 Å². The Morgan fingerprint density at radius 3 is 2.31 bits per heavy atom. The van der Waals surface area contributed by atoms with Crippen LogP contribution in [-0.4, -0.2) is 30.1 Å². The summed E-state index contributed by atoms with van der Waals surface area (Å²) in [4.78, 5) is 36.9. The largest absolute Gasteiger partial charge is 0.448 e. The minimum Gasteiger partial charge on any atom is -0.448 e. The molecule has 0 saturated carbocycles. The highest BCUT2D eigenvalue weighted by Gasteiger charge is 2.22. The molecule has 2 aromatic rings. The Balaban J connectivity index is 1.96. The molecule has 0 spiro atoms. The first kappa shape index (κ1) is 19.9. The normalized spacial score (nSPS) is 11.7. The molecule has 1 heterocycles. The number of ether oxygens (including phenoxy) is 1. The Morgan fingerprint density at radius 2 is 1.69 bits per heavy atom. The van der Waals surface area contributed by atoms with Gasteiger partial charge in [-0.3, -0.25) is 10.1 Å². The van der Waals surface area contributed by atoms with Crippen molar-refractivity contribution in [3.05, 3.63) is 46.3 Å². The van der Waals surface area contributed by atoms with E-state index >= 15 is 0 Å². The Morgan fingerprint density at radius 1 is 1.04 bits per heavy atom. The molecule has 2 rings (SSSR count). The first-order chi connectivity index (χ1) is 12.3. The second-order valence-corrected chi connectivity index (χ2v) is 7.36. The van der Waals surface area contributed by atoms with Crippen molar-refractivity contribution in [1.82, 2.24) is 10.6 Å². The molecule has 0 fully saturated rings. The molecule has 0 aliphatic carbocycles. The zero-order chi connectivity index (χ0) is 19.3. The summed E-state index contributed by atoms with van der Waals surface area (Å²) in [5.74, 6) is -1.31. The molecule has 0 aliphatic rings. The van der Waals surface area contributed by atoms with Gasteiger partial charge in [0, 0.05) is 15.9 Å². The first-order valence-corrected chi connectivity index (χ1v) is 9.14. The van der Waals surface area contributed by atoms with Crippen molar-refractivity contribution in [2.24, 2.45) is 0 Å². The number of rotatable bonds is 5. The quantitative estimate of drug-likeness (QED) is 0.754. The molecular formula is C18H19ClN2O4S. The van der Waals surface area contributed by atoms with Gasteiger partial charge < -0.3 is 10.1 Å². The second-order valence-electron chi connectivity index (χ2n) is 5.84. The number of hydrogen-bond donors (Lipinski definition) is 2. The summed E-state index contributed by atoms with van der Waals surface area (Å²) >= 11 is 7.12. The predicted molar refractivity (Wildman–Crippen MR) is 101 cm³/mol. The van der Waals surface area contributed by atoms with E-state index in [-0.39, 0.29) is 6.04 Å². The smallest absolute Gasteiger partial charge is 0.349 e. The van der Waals surface area contributed by atoms with Gasteiger partial charge in [0.1, 0.15) is 4.88 Å². The lowest BCUT2D eigenvalue weighted by molar-refractivity contribution is -0.127. The van der Waals surface area contributed by atoms with Gasteiger partial charge in [-0.15, -0.1) is 11.3 Å². The summed E-state index contributed by atoms with van der Waals surface area (Å²) in [5.41, 5.74) is 0.926. The lowest BCUT2D eigenvalue weighted by Gasteiger charge is -2.13. The number of amides is 3. The van der Waals surface area contributed by atoms with Crippen molar-refractivity contribution in [3.8, 4) is 10.4 Å². The van der Waals surface area contributed by atoms with Gasteiger partial charge in [0.15, 0.2) is 6.10 Å². The van der Waals surface area contributed by atoms with Gasteiger partial charge in [-0.25, -0.2) is 9.59 Å². The van der Waals surface area contributed by atoms with E-state index in [1.165, 1.54) is 18.3 Å². The standard InChI is InChI=1S/C18H19ClN2O4S/c1-10(2)20-18(24)21-16(22)11(3)25-17(23)15-9-8-14(26-15)12-4-6-13(19)7-5-12/h4-11H,1-3H3,(H2,20,21,22,24)/t11-/m1/s1. The fraction of sp³-hybridized carbons (Fsp3) is 0.278. The van der Waals surface area contributed by atoms with Crippen molar-refractivity contribution in [2.45, 2.75) is 32.9 Å². The maximum Gasteiger partial charge on any atom is 0.349 e. The van der Waals surface area contributed by atoms with Gasteiger partial charge in [0.2, 0.25) is 0 Å². The molecule has 138 valence electrons. The van der Waals surface area contributed by atoms with Gasteiger partial charge in [0.05, 0.1) is 0 Å². The van der Waals surface area contributed by atoms with Gasteiger partial charge in [-0.1, -0.05) is 23.7 Å². The summed E-state index contributed by atoms with van der Waals surface area (Å²) in [6.45, 7) is 4.94. The van der Waals surface area contributed by atoms with Crippen LogP contribution >= 0.6 is 22.9 Å². The Bertz CT molecular complexity index is 802. The number of esters is 1. The van der Waals surface area contributed by atoms with Crippen LogP contribution in [0.5, 0.6) is 0 Å². The third-order valence-electron chi connectivity index (χ3n) is 3.25. The number of carbonyl (C=O) groups excluding carboxylic acids is 3. The van der Waals surface area contributed by atoms with Crippen LogP contribution in [0.2, 0.25) is 5.02 Å². The van der Waals surface area contributed by atoms with E-state index in [9.17, 15) is 14.4 Å². The number of benzene rings is 1. The fourth-order valence-corrected chi connectivity index (χ4v) is 3.02. The average Bonchev–Trinajstić information content (AvgIpc) is 3.04. The highest BCUT2D eigenvalue weighted by Crippen LogP contribution is 2.29. The van der Waals surface area contributed by atoms with Crippen molar-refractivity contribution in [2.75, 3.05) is 0 Å². The summed E-state index contributed by atoms with van der Waals surface area (Å²) in [5, 5.41) is 5.28. The summed E-state index contributed by atoms with van der Waals surface area (Å²) in [7, 11) is 0. The van der Waals surface area contributed by atoms with Crippen LogP contribution in [0.4, 0.5) is 4.79 Å². The Hall–Kier alpha value is -2.38. The summed E-state index contributed by atoms with van der Waals surface area (Å²) < 4.78 is 5.13. The van der Waals surface area contributed by atoms with E-state index in [2.05, 4.69) is 10.6 Å². The Kier molecular flexibility index (Phi) is 6.76. The molecule has 8 heteroatoms. The molecule has 6 nitrogen and oxygen atoms in total. The maximum atomic E-state index is 12.2. The van der Waals surface area contributed by atoms with E-state index < -0.39 is 24.0 Å². The molecule has 0 saturated heterocycles. The SMILES string of the molecule is CC(C)NC(=O)NC(=O)[C@@H](C)OC(=O)c1ccc(-c2ccc(Cl)cc2)s1. The van der Waals surface area contributed by atoms with Crippen LogP contribution < -0.4 is 10.6 Å². The van der Waals surface area contributed by atoms with Crippen LogP contribution in [0.1, 0.15) is 30.4 Å². The monoisotopic (exact) mass is 394 g/mol. The van der Waals surface area contributed by atoms with Gasteiger partial charge in [-0.05, 0) is 50.6 Å². The highest BCUT2D eigenvalue weighted by molar-refractivity contribution is 7.17. The number of thiophene rings is 1. The van der Waals surface area contributed by atoms with Crippen molar-refractivity contribution < 1.29 is 19.1 Å². The molecule has 1 aromatic carbocycles. The summed E-state index contributed by atoms with van der Waals surface area (Å²) in [6.07, 6.45) is -1.10. The molecule has 2 N–H and O–H groups in total. The zero-order valence-corrected chi connectivity index (χ0v) is 16.1. The summed E-state index contributed by atoms with van der Waals surface area (Å²) in [6, 6.07) is 9.93. The van der Waals surface area contributed by atoms with Crippen LogP contribution in [0, 0.1) is 0 Å². The number of urea groups is 1. The zero-order valence-electron chi connectivity index (χ0n) is 14.5. The molecule has 1 aromatic heterocycles. The molecule has 26 heavy (non-hydrogen) atoms. The van der Waals surface area contributed by atoms with E-state index in [1.807, 2.05) is 12.1 Å². The second kappa shape index (κ2) is 8.82. The van der Waals surface area contributed by atoms with E-state index in [0.717, 1.165) is 10.4 Å². The number of imide groups is 1. The van der Waals surface area contributed by atoms with E-state index in [0.29, 0.717) is 9.90 Å². The van der Waals surface area contributed by atoms with Crippen LogP contribution in [-0.2, 0) is 9.53 Å². The molecule has 0 unspecified atom stereocenters. The van der Waals surface area contributed by atoms with Crippen LogP contribution in [0.3, 0.4) is 0 Å². The molecule has 3 amide bonds. The number of nitrogens with one attached hydrogen (secondary N) is 2. The highest BCUT2D eigenvalue weighted by atomic mass is 35.5. The van der Waals surface area contributed by atoms with Gasteiger partial charge in [-0.2, -0.15) is 0 Å². The third kappa shape index (κ3) is 5.57. The maximum absolute atomic E-state index is 12.2. The fourth-order valence-electron chi connectivity index (χ4n) is 2.00. The minimum atomic E-state index is -1.10. The lowest BCUT2D eigenvalue weighted by Crippen LogP contribution is -2.46. The van der Waals surface area contributed by atoms with Gasteiger partial charge in [0.25, 0.3) is 5.91 Å². The molecule has 0 radical (unpaired) electrons. The first-order valence-electron chi connectivity index (χ1n) is 7.94.